The number of amides is 3. The molecule has 0 saturated carbocycles. The van der Waals surface area contributed by atoms with Gasteiger partial charge in [0.05, 0.1) is 0 Å². The van der Waals surface area contributed by atoms with E-state index in [4.69, 9.17) is 4.74 Å². The Balaban J connectivity index is 3.42. The van der Waals surface area contributed by atoms with E-state index in [1.165, 1.54) is 0 Å². The van der Waals surface area contributed by atoms with E-state index < -0.39 is 17.7 Å². The van der Waals surface area contributed by atoms with Crippen molar-refractivity contribution in [3.63, 3.8) is 0 Å². The summed E-state index contributed by atoms with van der Waals surface area (Å²) in [5.41, 5.74) is 2.15. The van der Waals surface area contributed by atoms with Gasteiger partial charge in [-0.2, -0.15) is 0 Å². The summed E-state index contributed by atoms with van der Waals surface area (Å²) < 4.78 is 5.31. The Morgan fingerprint density at radius 1 is 0.944 bits per heavy atom. The molecule has 36 heavy (non-hydrogen) atoms. The van der Waals surface area contributed by atoms with Gasteiger partial charge in [-0.25, -0.2) is 4.79 Å². The number of aryl methyl sites for hydroxylation is 2. The zero-order valence-electron chi connectivity index (χ0n) is 24.2. The number of ether oxygens (including phenoxy) is 1. The van der Waals surface area contributed by atoms with Crippen LogP contribution in [0.3, 0.4) is 0 Å². The molecule has 0 aliphatic carbocycles. The third-order valence-electron chi connectivity index (χ3n) is 5.90. The van der Waals surface area contributed by atoms with Crippen LogP contribution in [0.5, 0.6) is 0 Å². The molecule has 1 aromatic rings. The molecule has 3 amide bonds. The number of benzene rings is 1. The van der Waals surface area contributed by atoms with Gasteiger partial charge in [0.2, 0.25) is 11.8 Å². The molecule has 0 aliphatic heterocycles. The van der Waals surface area contributed by atoms with Gasteiger partial charge in [0.15, 0.2) is 0 Å². The van der Waals surface area contributed by atoms with Crippen molar-refractivity contribution in [1.82, 2.24) is 15.5 Å². The lowest BCUT2D eigenvalue weighted by molar-refractivity contribution is -0.143. The average molecular weight is 504 g/mol. The molecule has 0 saturated heterocycles. The molecule has 0 heterocycles. The smallest absolute Gasteiger partial charge is 0.408 e. The van der Waals surface area contributed by atoms with E-state index in [-0.39, 0.29) is 30.4 Å². The molecule has 7 heteroatoms. The molecular formula is C29H49N3O4. The van der Waals surface area contributed by atoms with Gasteiger partial charge in [-0.1, -0.05) is 56.5 Å². The van der Waals surface area contributed by atoms with E-state index in [2.05, 4.69) is 37.5 Å². The summed E-state index contributed by atoms with van der Waals surface area (Å²) >= 11 is 0. The Morgan fingerprint density at radius 2 is 1.53 bits per heavy atom. The van der Waals surface area contributed by atoms with Crippen molar-refractivity contribution in [2.45, 2.75) is 119 Å². The molecule has 0 fully saturated rings. The quantitative estimate of drug-likeness (QED) is 0.376. The summed E-state index contributed by atoms with van der Waals surface area (Å²) in [5, 5.41) is 5.71. The zero-order valence-corrected chi connectivity index (χ0v) is 24.2. The second-order valence-corrected chi connectivity index (χ2v) is 11.5. The Kier molecular flexibility index (Phi) is 12.4. The van der Waals surface area contributed by atoms with Gasteiger partial charge in [-0.15, -0.1) is 0 Å². The highest BCUT2D eigenvalue weighted by Crippen LogP contribution is 2.28. The Labute approximate surface area is 218 Å². The second-order valence-electron chi connectivity index (χ2n) is 11.5. The van der Waals surface area contributed by atoms with E-state index in [9.17, 15) is 14.4 Å². The normalized spacial score (nSPS) is 14.1. The van der Waals surface area contributed by atoms with Crippen molar-refractivity contribution >= 4 is 17.9 Å². The highest BCUT2D eigenvalue weighted by Gasteiger charge is 2.35. The maximum Gasteiger partial charge on any atom is 0.408 e. The van der Waals surface area contributed by atoms with Crippen LogP contribution in [-0.4, -0.2) is 47.0 Å². The third kappa shape index (κ3) is 11.0. The van der Waals surface area contributed by atoms with Crippen LogP contribution in [0.25, 0.3) is 0 Å². The monoisotopic (exact) mass is 503 g/mol. The molecule has 3 unspecified atom stereocenters. The van der Waals surface area contributed by atoms with Gasteiger partial charge < -0.3 is 20.3 Å². The lowest BCUT2D eigenvalue weighted by Crippen LogP contribution is -2.52. The number of nitrogens with zero attached hydrogens (tertiary/aromatic N) is 1. The Bertz CT molecular complexity index is 856. The number of carbonyl (C=O) groups is 3. The molecule has 0 bridgehead atoms. The molecule has 3 atom stereocenters. The minimum Gasteiger partial charge on any atom is -0.444 e. The first kappa shape index (κ1) is 31.5. The number of alkyl carbamates (subject to hydrolysis) is 1. The summed E-state index contributed by atoms with van der Waals surface area (Å²) in [6.07, 6.45) is 2.80. The van der Waals surface area contributed by atoms with Gasteiger partial charge in [0.1, 0.15) is 18.2 Å². The average Bonchev–Trinajstić information content (AvgIpc) is 2.72. The number of rotatable bonds is 12. The fraction of sp³-hybridized carbons (Fsp3) is 0.690. The van der Waals surface area contributed by atoms with Crippen molar-refractivity contribution in [2.75, 3.05) is 6.54 Å². The molecule has 1 rings (SSSR count). The highest BCUT2D eigenvalue weighted by atomic mass is 16.6. The topological polar surface area (TPSA) is 87.7 Å². The molecule has 0 aromatic heterocycles. The first-order valence-corrected chi connectivity index (χ1v) is 13.3. The minimum atomic E-state index is -0.807. The van der Waals surface area contributed by atoms with Crippen LogP contribution in [0.15, 0.2) is 18.2 Å². The van der Waals surface area contributed by atoms with Crippen molar-refractivity contribution in [1.29, 1.82) is 0 Å². The zero-order chi connectivity index (χ0) is 27.6. The van der Waals surface area contributed by atoms with Crippen molar-refractivity contribution in [3.8, 4) is 0 Å². The van der Waals surface area contributed by atoms with Crippen molar-refractivity contribution < 1.29 is 19.1 Å². The Hall–Kier alpha value is -2.57. The first-order chi connectivity index (χ1) is 16.6. The first-order valence-electron chi connectivity index (χ1n) is 13.3. The number of carbonyl (C=O) groups excluding carboxylic acids is 3. The van der Waals surface area contributed by atoms with E-state index in [0.29, 0.717) is 5.92 Å². The third-order valence-corrected chi connectivity index (χ3v) is 5.90. The highest BCUT2D eigenvalue weighted by molar-refractivity contribution is 5.90. The lowest BCUT2D eigenvalue weighted by Gasteiger charge is -2.37. The van der Waals surface area contributed by atoms with Gasteiger partial charge in [0, 0.05) is 12.1 Å². The van der Waals surface area contributed by atoms with Crippen LogP contribution < -0.4 is 10.6 Å². The number of hydrogen-bond donors (Lipinski definition) is 2. The molecule has 0 aliphatic rings. The molecular weight excluding hydrogens is 454 g/mol. The van der Waals surface area contributed by atoms with E-state index in [1.807, 2.05) is 39.8 Å². The summed E-state index contributed by atoms with van der Waals surface area (Å²) in [6.45, 7) is 19.4. The molecule has 0 radical (unpaired) electrons. The van der Waals surface area contributed by atoms with Crippen LogP contribution in [0, 0.1) is 19.8 Å². The maximum atomic E-state index is 13.7. The molecule has 7 nitrogen and oxygen atoms in total. The van der Waals surface area contributed by atoms with E-state index in [1.54, 1.807) is 25.7 Å². The van der Waals surface area contributed by atoms with E-state index in [0.717, 1.165) is 42.4 Å². The van der Waals surface area contributed by atoms with Crippen molar-refractivity contribution in [3.05, 3.63) is 34.9 Å². The number of hydrogen-bond acceptors (Lipinski definition) is 4. The van der Waals surface area contributed by atoms with Crippen LogP contribution in [0.2, 0.25) is 0 Å². The van der Waals surface area contributed by atoms with Crippen LogP contribution in [0.1, 0.15) is 104 Å². The molecule has 0 spiro atoms. The molecule has 2 N–H and O–H groups in total. The lowest BCUT2D eigenvalue weighted by atomic mass is 9.95. The summed E-state index contributed by atoms with van der Waals surface area (Å²) in [4.78, 5) is 41.3. The molecule has 204 valence electrons. The maximum absolute atomic E-state index is 13.7. The predicted octanol–water partition coefficient (Wildman–Crippen LogP) is 5.83. The van der Waals surface area contributed by atoms with Crippen LogP contribution >= 0.6 is 0 Å². The largest absolute Gasteiger partial charge is 0.444 e. The summed E-state index contributed by atoms with van der Waals surface area (Å²) in [5.74, 6) is -0.0649. The van der Waals surface area contributed by atoms with Gasteiger partial charge in [-0.3, -0.25) is 9.59 Å². The van der Waals surface area contributed by atoms with Crippen molar-refractivity contribution in [2.24, 2.45) is 5.92 Å². The van der Waals surface area contributed by atoms with Crippen LogP contribution in [-0.2, 0) is 14.3 Å². The second kappa shape index (κ2) is 14.2. The van der Waals surface area contributed by atoms with Gasteiger partial charge in [-0.05, 0) is 79.2 Å². The number of nitrogens with one attached hydrogen (secondary N) is 2. The minimum absolute atomic E-state index is 0.0151. The standard InChI is InChI=1S/C29H49N3O4/c1-11-12-22(6)31-27(34)26(24-16-20(4)15-21(5)17-24)32(23(7)14-13-19(2)3)25(33)18-30-28(35)36-29(8,9)10/h15-17,19,22-23,26H,11-14,18H2,1-10H3,(H,30,35)(H,31,34). The summed E-state index contributed by atoms with van der Waals surface area (Å²) in [6, 6.07) is 4.96. The van der Waals surface area contributed by atoms with E-state index >= 15 is 0 Å². The molecule has 1 aromatic carbocycles. The fourth-order valence-corrected chi connectivity index (χ4v) is 4.34. The van der Waals surface area contributed by atoms with Crippen LogP contribution in [0.4, 0.5) is 4.79 Å². The van der Waals surface area contributed by atoms with Gasteiger partial charge in [0.25, 0.3) is 0 Å². The Morgan fingerprint density at radius 3 is 2.03 bits per heavy atom. The predicted molar refractivity (Wildman–Crippen MR) is 146 cm³/mol. The van der Waals surface area contributed by atoms with Gasteiger partial charge >= 0.3 is 6.09 Å². The summed E-state index contributed by atoms with van der Waals surface area (Å²) in [7, 11) is 0. The SMILES string of the molecule is CCCC(C)NC(=O)C(c1cc(C)cc(C)c1)N(C(=O)CNC(=O)OC(C)(C)C)C(C)CCC(C)C. The fourth-order valence-electron chi connectivity index (χ4n) is 4.34.